The number of hydrogen-bond acceptors (Lipinski definition) is 4. The van der Waals surface area contributed by atoms with Crippen molar-refractivity contribution in [3.8, 4) is 6.07 Å². The Morgan fingerprint density at radius 1 is 1.22 bits per heavy atom. The number of nitriles is 1. The average molecular weight is 330 g/mol. The van der Waals surface area contributed by atoms with E-state index in [1.165, 1.54) is 30.3 Å². The predicted octanol–water partition coefficient (Wildman–Crippen LogP) is 2.78. The molecule has 0 aliphatic carbocycles. The Bertz CT molecular complexity index is 871. The monoisotopic (exact) mass is 330 g/mol. The molecule has 118 valence electrons. The smallest absolute Gasteiger partial charge is 0.412 e. The lowest BCUT2D eigenvalue weighted by Crippen LogP contribution is -2.35. The van der Waals surface area contributed by atoms with E-state index in [0.29, 0.717) is 11.1 Å². The molecule has 0 aromatic heterocycles. The molecule has 6 nitrogen and oxygen atoms in total. The number of carbonyl (C=O) groups is 1. The third-order valence-corrected chi connectivity index (χ3v) is 4.84. The summed E-state index contributed by atoms with van der Waals surface area (Å²) in [5.74, 6) is -0.695. The first-order chi connectivity index (χ1) is 10.8. The first-order valence-corrected chi connectivity index (χ1v) is 8.29. The number of rotatable bonds is 4. The molecule has 2 rings (SSSR count). The van der Waals surface area contributed by atoms with Crippen molar-refractivity contribution in [1.29, 1.82) is 5.26 Å². The second-order valence-corrected chi connectivity index (χ2v) is 6.84. The summed E-state index contributed by atoms with van der Waals surface area (Å²) < 4.78 is 24.8. The van der Waals surface area contributed by atoms with Gasteiger partial charge < -0.3 is 5.11 Å². The molecular weight excluding hydrogens is 316 g/mol. The van der Waals surface area contributed by atoms with Crippen molar-refractivity contribution in [1.82, 2.24) is 0 Å². The number of amides is 1. The lowest BCUT2D eigenvalue weighted by Gasteiger charge is -2.21. The Morgan fingerprint density at radius 3 is 2.39 bits per heavy atom. The first kappa shape index (κ1) is 16.5. The molecule has 0 spiro atoms. The number of aryl methyl sites for hydroxylation is 1. The summed E-state index contributed by atoms with van der Waals surface area (Å²) in [6, 6.07) is 14.0. The highest BCUT2D eigenvalue weighted by Gasteiger charge is 2.25. The van der Waals surface area contributed by atoms with Crippen LogP contribution in [0.3, 0.4) is 0 Å². The molecule has 0 unspecified atom stereocenters. The molecule has 2 aromatic rings. The summed E-state index contributed by atoms with van der Waals surface area (Å²) >= 11 is 0. The van der Waals surface area contributed by atoms with Crippen LogP contribution in [0, 0.1) is 18.3 Å². The number of sulfone groups is 1. The number of benzene rings is 2. The van der Waals surface area contributed by atoms with Crippen molar-refractivity contribution >= 4 is 21.6 Å². The van der Waals surface area contributed by atoms with Gasteiger partial charge in [-0.15, -0.1) is 0 Å². The van der Waals surface area contributed by atoms with Gasteiger partial charge in [0.1, 0.15) is 5.88 Å². The van der Waals surface area contributed by atoms with Crippen LogP contribution in [0.2, 0.25) is 0 Å². The highest BCUT2D eigenvalue weighted by atomic mass is 32.2. The van der Waals surface area contributed by atoms with E-state index in [2.05, 4.69) is 0 Å². The summed E-state index contributed by atoms with van der Waals surface area (Å²) in [5.41, 5.74) is 1.12. The molecular formula is C16H14N2O4S. The average Bonchev–Trinajstić information content (AvgIpc) is 2.53. The summed E-state index contributed by atoms with van der Waals surface area (Å²) in [7, 11) is -3.81. The molecule has 0 saturated heterocycles. The van der Waals surface area contributed by atoms with Crippen LogP contribution in [0.15, 0.2) is 53.4 Å². The van der Waals surface area contributed by atoms with Crippen LogP contribution in [0.4, 0.5) is 10.5 Å². The van der Waals surface area contributed by atoms with Crippen LogP contribution in [-0.2, 0) is 9.84 Å². The Labute approximate surface area is 134 Å². The van der Waals surface area contributed by atoms with Gasteiger partial charge >= 0.3 is 6.09 Å². The summed E-state index contributed by atoms with van der Waals surface area (Å²) in [5, 5.41) is 18.2. The molecule has 0 atom stereocenters. The minimum atomic E-state index is -3.81. The maximum atomic E-state index is 12.4. The topological polar surface area (TPSA) is 98.5 Å². The summed E-state index contributed by atoms with van der Waals surface area (Å²) in [4.78, 5) is 12.3. The van der Waals surface area contributed by atoms with E-state index in [1.54, 1.807) is 25.1 Å². The van der Waals surface area contributed by atoms with Gasteiger partial charge in [0, 0.05) is 0 Å². The normalized spacial score (nSPS) is 10.8. The van der Waals surface area contributed by atoms with Gasteiger partial charge in [0.05, 0.1) is 22.2 Å². The van der Waals surface area contributed by atoms with E-state index in [1.807, 2.05) is 6.07 Å². The van der Waals surface area contributed by atoms with E-state index in [9.17, 15) is 18.3 Å². The number of hydrogen-bond donors (Lipinski definition) is 1. The minimum Gasteiger partial charge on any atom is -0.465 e. The van der Waals surface area contributed by atoms with Gasteiger partial charge in [-0.05, 0) is 42.8 Å². The minimum absolute atomic E-state index is 0.0533. The zero-order valence-corrected chi connectivity index (χ0v) is 13.1. The molecule has 2 aromatic carbocycles. The Kier molecular flexibility index (Phi) is 4.67. The molecule has 0 aliphatic heterocycles. The fraction of sp³-hybridized carbons (Fsp3) is 0.125. The number of carboxylic acid groups (broad SMARTS) is 1. The number of anilines is 1. The molecule has 0 saturated carbocycles. The second-order valence-electron chi connectivity index (χ2n) is 4.88. The van der Waals surface area contributed by atoms with Crippen LogP contribution in [-0.4, -0.2) is 25.5 Å². The quantitative estimate of drug-likeness (QED) is 0.929. The van der Waals surface area contributed by atoms with Crippen LogP contribution in [0.5, 0.6) is 0 Å². The third kappa shape index (κ3) is 3.67. The second kappa shape index (κ2) is 6.50. The molecule has 0 aliphatic rings. The van der Waals surface area contributed by atoms with Crippen molar-refractivity contribution in [3.05, 3.63) is 59.7 Å². The van der Waals surface area contributed by atoms with Crippen molar-refractivity contribution in [2.75, 3.05) is 10.8 Å². The van der Waals surface area contributed by atoms with Crippen molar-refractivity contribution < 1.29 is 18.3 Å². The highest BCUT2D eigenvalue weighted by molar-refractivity contribution is 7.91. The van der Waals surface area contributed by atoms with Gasteiger partial charge in [-0.25, -0.2) is 13.2 Å². The van der Waals surface area contributed by atoms with E-state index in [0.717, 1.165) is 4.90 Å². The molecule has 1 N–H and O–H groups in total. The van der Waals surface area contributed by atoms with Crippen LogP contribution < -0.4 is 4.90 Å². The Hall–Kier alpha value is -2.85. The van der Waals surface area contributed by atoms with Gasteiger partial charge in [0.2, 0.25) is 0 Å². The van der Waals surface area contributed by atoms with Gasteiger partial charge in [0.15, 0.2) is 9.84 Å². The van der Waals surface area contributed by atoms with Crippen molar-refractivity contribution in [3.63, 3.8) is 0 Å². The lowest BCUT2D eigenvalue weighted by molar-refractivity contribution is 0.203. The molecule has 0 radical (unpaired) electrons. The number of nitrogens with zero attached hydrogens (tertiary/aromatic N) is 2. The van der Waals surface area contributed by atoms with Gasteiger partial charge in [-0.3, -0.25) is 4.90 Å². The molecule has 0 bridgehead atoms. The predicted molar refractivity (Wildman–Crippen MR) is 84.9 cm³/mol. The molecule has 1 amide bonds. The van der Waals surface area contributed by atoms with E-state index in [-0.39, 0.29) is 10.6 Å². The standard InChI is InChI=1S/C16H14N2O4S/c1-12-9-13(10-17)7-8-15(12)18(16(19)20)11-23(21,22)14-5-3-2-4-6-14/h2-9H,11H2,1H3,(H,19,20). The molecule has 7 heteroatoms. The van der Waals surface area contributed by atoms with Gasteiger partial charge in [-0.2, -0.15) is 5.26 Å². The third-order valence-electron chi connectivity index (χ3n) is 3.25. The zero-order chi connectivity index (χ0) is 17.0. The van der Waals surface area contributed by atoms with Crippen LogP contribution in [0.1, 0.15) is 11.1 Å². The highest BCUT2D eigenvalue weighted by Crippen LogP contribution is 2.23. The maximum Gasteiger partial charge on any atom is 0.412 e. The van der Waals surface area contributed by atoms with E-state index >= 15 is 0 Å². The van der Waals surface area contributed by atoms with E-state index in [4.69, 9.17) is 5.26 Å². The van der Waals surface area contributed by atoms with Crippen LogP contribution in [0.25, 0.3) is 0 Å². The fourth-order valence-electron chi connectivity index (χ4n) is 2.13. The first-order valence-electron chi connectivity index (χ1n) is 6.64. The lowest BCUT2D eigenvalue weighted by atomic mass is 10.1. The van der Waals surface area contributed by atoms with E-state index < -0.39 is 21.8 Å². The van der Waals surface area contributed by atoms with Gasteiger partial charge in [-0.1, -0.05) is 18.2 Å². The van der Waals surface area contributed by atoms with Crippen LogP contribution >= 0.6 is 0 Å². The summed E-state index contributed by atoms with van der Waals surface area (Å²) in [6.07, 6.45) is -1.38. The largest absolute Gasteiger partial charge is 0.465 e. The fourth-order valence-corrected chi connectivity index (χ4v) is 3.44. The van der Waals surface area contributed by atoms with Crippen molar-refractivity contribution in [2.45, 2.75) is 11.8 Å². The Morgan fingerprint density at radius 2 is 1.87 bits per heavy atom. The Balaban J connectivity index is 2.41. The molecule has 23 heavy (non-hydrogen) atoms. The molecule has 0 heterocycles. The zero-order valence-electron chi connectivity index (χ0n) is 12.3. The maximum absolute atomic E-state index is 12.4. The SMILES string of the molecule is Cc1cc(C#N)ccc1N(CS(=O)(=O)c1ccccc1)C(=O)O. The van der Waals surface area contributed by atoms with Crippen molar-refractivity contribution in [2.24, 2.45) is 0 Å². The van der Waals surface area contributed by atoms with Gasteiger partial charge in [0.25, 0.3) is 0 Å². The molecule has 0 fully saturated rings. The summed E-state index contributed by atoms with van der Waals surface area (Å²) in [6.45, 7) is 1.63.